The molecule has 2 atom stereocenters. The molecule has 2 aliphatic heterocycles. The number of hydrogen-bond donors (Lipinski definition) is 1. The van der Waals surface area contributed by atoms with Crippen LogP contribution in [0.4, 0.5) is 5.69 Å². The van der Waals surface area contributed by atoms with Crippen LogP contribution in [0.1, 0.15) is 15.9 Å². The van der Waals surface area contributed by atoms with Crippen molar-refractivity contribution in [3.05, 3.63) is 69.8 Å². The van der Waals surface area contributed by atoms with E-state index in [-0.39, 0.29) is 35.1 Å². The molecule has 1 N–H and O–H groups in total. The van der Waals surface area contributed by atoms with Crippen molar-refractivity contribution >= 4 is 11.6 Å². The fourth-order valence-electron chi connectivity index (χ4n) is 3.92. The number of aromatic hydroxyl groups is 1. The Bertz CT molecular complexity index is 889. The first-order chi connectivity index (χ1) is 13.5. The number of phenolic OH excluding ortho intramolecular Hbond substituents is 1. The van der Waals surface area contributed by atoms with Crippen molar-refractivity contribution in [2.75, 3.05) is 26.2 Å². The van der Waals surface area contributed by atoms with E-state index in [1.54, 1.807) is 4.90 Å². The molecular formula is C20H21N3O5. The van der Waals surface area contributed by atoms with E-state index in [4.69, 9.17) is 4.74 Å². The van der Waals surface area contributed by atoms with Gasteiger partial charge in [-0.3, -0.25) is 19.8 Å². The zero-order chi connectivity index (χ0) is 19.7. The minimum Gasteiger partial charge on any atom is -0.507 e. The molecule has 2 saturated heterocycles. The number of rotatable bonds is 4. The first kappa shape index (κ1) is 18.4. The monoisotopic (exact) mass is 383 g/mol. The van der Waals surface area contributed by atoms with Crippen LogP contribution in [0.3, 0.4) is 0 Å². The highest BCUT2D eigenvalue weighted by Gasteiger charge is 2.42. The van der Waals surface area contributed by atoms with Gasteiger partial charge in [0.1, 0.15) is 5.75 Å². The Morgan fingerprint density at radius 2 is 2.00 bits per heavy atom. The molecule has 4 rings (SSSR count). The van der Waals surface area contributed by atoms with Crippen LogP contribution in [0.2, 0.25) is 0 Å². The second kappa shape index (κ2) is 7.57. The summed E-state index contributed by atoms with van der Waals surface area (Å²) in [6, 6.07) is 13.8. The average Bonchev–Trinajstić information content (AvgIpc) is 3.13. The number of fused-ring (bicyclic) bond motifs is 1. The quantitative estimate of drug-likeness (QED) is 0.641. The summed E-state index contributed by atoms with van der Waals surface area (Å²) in [7, 11) is 0. The lowest BCUT2D eigenvalue weighted by molar-refractivity contribution is -0.384. The SMILES string of the molecule is O=C(c1ccc([N+](=O)[O-])cc1O)N1C[C@H]2OCCN(Cc3ccccc3)[C@H]2C1. The normalized spacial score (nSPS) is 22.1. The number of phenols is 1. The van der Waals surface area contributed by atoms with E-state index in [1.165, 1.54) is 17.7 Å². The number of amides is 1. The van der Waals surface area contributed by atoms with Crippen LogP contribution in [0.5, 0.6) is 5.75 Å². The van der Waals surface area contributed by atoms with Crippen LogP contribution in [-0.4, -0.2) is 64.1 Å². The molecule has 1 amide bonds. The third-order valence-electron chi connectivity index (χ3n) is 5.35. The van der Waals surface area contributed by atoms with Gasteiger partial charge in [-0.05, 0) is 11.6 Å². The van der Waals surface area contributed by atoms with Crippen molar-refractivity contribution in [3.8, 4) is 5.75 Å². The predicted octanol–water partition coefficient (Wildman–Crippen LogP) is 2.03. The molecule has 0 aliphatic carbocycles. The number of ether oxygens (including phenoxy) is 1. The highest BCUT2D eigenvalue weighted by molar-refractivity contribution is 5.97. The summed E-state index contributed by atoms with van der Waals surface area (Å²) in [5.74, 6) is -0.721. The standard InChI is InChI=1S/C20H21N3O5/c24-18-10-15(23(26)27)6-7-16(18)20(25)22-12-17-19(13-22)28-9-8-21(17)11-14-4-2-1-3-5-14/h1-7,10,17,19,24H,8-9,11-13H2/t17-,19+/m0/s1. The Kier molecular flexibility index (Phi) is 4.97. The number of nitrogens with zero attached hydrogens (tertiary/aromatic N) is 3. The molecule has 8 nitrogen and oxygen atoms in total. The average molecular weight is 383 g/mol. The molecule has 2 heterocycles. The molecule has 28 heavy (non-hydrogen) atoms. The van der Waals surface area contributed by atoms with Crippen molar-refractivity contribution in [2.45, 2.75) is 18.7 Å². The minimum absolute atomic E-state index is 0.0684. The first-order valence-corrected chi connectivity index (χ1v) is 9.19. The Morgan fingerprint density at radius 3 is 2.71 bits per heavy atom. The van der Waals surface area contributed by atoms with Gasteiger partial charge in [-0.25, -0.2) is 0 Å². The van der Waals surface area contributed by atoms with Crippen LogP contribution >= 0.6 is 0 Å². The zero-order valence-corrected chi connectivity index (χ0v) is 15.2. The minimum atomic E-state index is -0.603. The molecule has 0 unspecified atom stereocenters. The van der Waals surface area contributed by atoms with Crippen LogP contribution in [-0.2, 0) is 11.3 Å². The molecule has 2 aromatic carbocycles. The number of morpholine rings is 1. The lowest BCUT2D eigenvalue weighted by atomic mass is 10.1. The number of benzene rings is 2. The van der Waals surface area contributed by atoms with E-state index in [9.17, 15) is 20.0 Å². The fraction of sp³-hybridized carbons (Fsp3) is 0.350. The Morgan fingerprint density at radius 1 is 1.21 bits per heavy atom. The Balaban J connectivity index is 1.49. The van der Waals surface area contributed by atoms with Crippen molar-refractivity contribution in [2.24, 2.45) is 0 Å². The van der Waals surface area contributed by atoms with Gasteiger partial charge in [0.15, 0.2) is 0 Å². The summed E-state index contributed by atoms with van der Waals surface area (Å²) in [6.45, 7) is 3.12. The highest BCUT2D eigenvalue weighted by Crippen LogP contribution is 2.29. The molecule has 0 bridgehead atoms. The van der Waals surface area contributed by atoms with E-state index >= 15 is 0 Å². The molecule has 8 heteroatoms. The second-order valence-electron chi connectivity index (χ2n) is 7.10. The van der Waals surface area contributed by atoms with Crippen molar-refractivity contribution in [3.63, 3.8) is 0 Å². The molecule has 2 aliphatic rings. The number of carbonyl (C=O) groups excluding carboxylic acids is 1. The van der Waals surface area contributed by atoms with Gasteiger partial charge in [0, 0.05) is 32.2 Å². The van der Waals surface area contributed by atoms with Crippen molar-refractivity contribution in [1.82, 2.24) is 9.80 Å². The van der Waals surface area contributed by atoms with E-state index in [0.717, 1.165) is 19.2 Å². The van der Waals surface area contributed by atoms with Crippen LogP contribution in [0.15, 0.2) is 48.5 Å². The van der Waals surface area contributed by atoms with E-state index in [0.29, 0.717) is 19.7 Å². The smallest absolute Gasteiger partial charge is 0.273 e. The van der Waals surface area contributed by atoms with Gasteiger partial charge in [-0.15, -0.1) is 0 Å². The van der Waals surface area contributed by atoms with Gasteiger partial charge in [0.05, 0.1) is 35.3 Å². The van der Waals surface area contributed by atoms with Gasteiger partial charge in [-0.1, -0.05) is 30.3 Å². The molecule has 2 aromatic rings. The number of nitro groups is 1. The lowest BCUT2D eigenvalue weighted by Gasteiger charge is -2.36. The number of non-ortho nitro benzene ring substituents is 1. The summed E-state index contributed by atoms with van der Waals surface area (Å²) in [6.07, 6.45) is -0.0818. The third-order valence-corrected chi connectivity index (χ3v) is 5.35. The molecule has 146 valence electrons. The predicted molar refractivity (Wildman–Crippen MR) is 101 cm³/mol. The lowest BCUT2D eigenvalue weighted by Crippen LogP contribution is -2.50. The van der Waals surface area contributed by atoms with Crippen LogP contribution < -0.4 is 0 Å². The highest BCUT2D eigenvalue weighted by atomic mass is 16.6. The van der Waals surface area contributed by atoms with Gasteiger partial charge in [0.25, 0.3) is 11.6 Å². The van der Waals surface area contributed by atoms with Crippen LogP contribution in [0.25, 0.3) is 0 Å². The summed E-state index contributed by atoms with van der Waals surface area (Å²) >= 11 is 0. The maximum Gasteiger partial charge on any atom is 0.273 e. The summed E-state index contributed by atoms with van der Waals surface area (Å²) < 4.78 is 5.88. The van der Waals surface area contributed by atoms with Gasteiger partial charge >= 0.3 is 0 Å². The zero-order valence-electron chi connectivity index (χ0n) is 15.2. The number of hydrogen-bond acceptors (Lipinski definition) is 6. The van der Waals surface area contributed by atoms with Crippen molar-refractivity contribution < 1.29 is 19.6 Å². The molecule has 0 saturated carbocycles. The maximum atomic E-state index is 12.9. The summed E-state index contributed by atoms with van der Waals surface area (Å²) in [5.41, 5.74) is 1.03. The van der Waals surface area contributed by atoms with Gasteiger partial charge in [-0.2, -0.15) is 0 Å². The number of likely N-dealkylation sites (tertiary alicyclic amines) is 1. The van der Waals surface area contributed by atoms with E-state index in [2.05, 4.69) is 17.0 Å². The van der Waals surface area contributed by atoms with Crippen molar-refractivity contribution in [1.29, 1.82) is 0 Å². The fourth-order valence-corrected chi connectivity index (χ4v) is 3.92. The summed E-state index contributed by atoms with van der Waals surface area (Å²) in [4.78, 5) is 27.1. The van der Waals surface area contributed by atoms with E-state index < -0.39 is 4.92 Å². The summed E-state index contributed by atoms with van der Waals surface area (Å²) in [5, 5.41) is 20.9. The largest absolute Gasteiger partial charge is 0.507 e. The van der Waals surface area contributed by atoms with Gasteiger partial charge < -0.3 is 14.7 Å². The van der Waals surface area contributed by atoms with E-state index in [1.807, 2.05) is 18.2 Å². The molecular weight excluding hydrogens is 362 g/mol. The number of carbonyl (C=O) groups is 1. The molecule has 2 fully saturated rings. The second-order valence-corrected chi connectivity index (χ2v) is 7.10. The number of nitro benzene ring substituents is 1. The third kappa shape index (κ3) is 3.56. The molecule has 0 aromatic heterocycles. The maximum absolute atomic E-state index is 12.9. The Labute approximate surface area is 162 Å². The van der Waals surface area contributed by atoms with Crippen LogP contribution in [0, 0.1) is 10.1 Å². The molecule has 0 radical (unpaired) electrons. The Hall–Kier alpha value is -2.97. The first-order valence-electron chi connectivity index (χ1n) is 9.19. The topological polar surface area (TPSA) is 96.1 Å². The molecule has 0 spiro atoms. The van der Waals surface area contributed by atoms with Gasteiger partial charge in [0.2, 0.25) is 0 Å².